The van der Waals surface area contributed by atoms with E-state index in [1.807, 2.05) is 29.9 Å². The molecule has 2 aliphatic rings. The zero-order valence-electron chi connectivity index (χ0n) is 15.6. The van der Waals surface area contributed by atoms with Crippen LogP contribution in [0, 0.1) is 5.82 Å². The molecule has 0 bridgehead atoms. The summed E-state index contributed by atoms with van der Waals surface area (Å²) in [6, 6.07) is 10.2. The summed E-state index contributed by atoms with van der Waals surface area (Å²) in [6.07, 6.45) is 6.16. The predicted molar refractivity (Wildman–Crippen MR) is 103 cm³/mol. The number of aromatic nitrogens is 1. The van der Waals surface area contributed by atoms with Crippen molar-refractivity contribution in [2.45, 2.75) is 31.7 Å². The van der Waals surface area contributed by atoms with Crippen molar-refractivity contribution in [3.8, 4) is 0 Å². The van der Waals surface area contributed by atoms with Crippen LogP contribution >= 0.6 is 0 Å². The Morgan fingerprint density at radius 1 is 1.15 bits per heavy atom. The first-order valence-electron chi connectivity index (χ1n) is 9.61. The normalized spacial score (nSPS) is 20.7. The first kappa shape index (κ1) is 17.9. The minimum Gasteiger partial charge on any atom is -0.353 e. The molecule has 0 N–H and O–H groups in total. The molecular weight excluding hydrogens is 343 g/mol. The zero-order chi connectivity index (χ0) is 18.8. The van der Waals surface area contributed by atoms with Crippen LogP contribution < -0.4 is 0 Å². The second-order valence-electron chi connectivity index (χ2n) is 7.39. The highest BCUT2D eigenvalue weighted by atomic mass is 19.1. The van der Waals surface area contributed by atoms with Gasteiger partial charge in [0.1, 0.15) is 11.9 Å². The summed E-state index contributed by atoms with van der Waals surface area (Å²) in [5.74, 6) is -0.241. The number of likely N-dealkylation sites (tertiary alicyclic amines) is 1. The van der Waals surface area contributed by atoms with E-state index in [-0.39, 0.29) is 17.8 Å². The number of piperidine rings is 1. The minimum atomic E-state index is -0.269. The number of aryl methyl sites for hydroxylation is 1. The van der Waals surface area contributed by atoms with Crippen LogP contribution in [0.15, 0.2) is 47.7 Å². The van der Waals surface area contributed by atoms with Gasteiger partial charge in [0.25, 0.3) is 5.91 Å². The maximum absolute atomic E-state index is 13.3. The van der Waals surface area contributed by atoms with Crippen molar-refractivity contribution in [3.63, 3.8) is 0 Å². The number of benzene rings is 1. The third kappa shape index (κ3) is 3.81. The van der Waals surface area contributed by atoms with Gasteiger partial charge >= 0.3 is 0 Å². The average Bonchev–Trinajstić information content (AvgIpc) is 3.29. The number of amides is 1. The van der Waals surface area contributed by atoms with Gasteiger partial charge in [0.2, 0.25) is 0 Å². The van der Waals surface area contributed by atoms with E-state index in [1.165, 1.54) is 18.6 Å². The van der Waals surface area contributed by atoms with E-state index in [2.05, 4.69) is 10.0 Å². The largest absolute Gasteiger partial charge is 0.353 e. The van der Waals surface area contributed by atoms with Gasteiger partial charge in [-0.15, -0.1) is 0 Å². The van der Waals surface area contributed by atoms with Gasteiger partial charge in [-0.3, -0.25) is 9.69 Å². The molecule has 5 nitrogen and oxygen atoms in total. The third-order valence-corrected chi connectivity index (χ3v) is 5.48. The van der Waals surface area contributed by atoms with Crippen LogP contribution in [0.1, 0.15) is 43.0 Å². The van der Waals surface area contributed by atoms with Crippen molar-refractivity contribution in [3.05, 3.63) is 59.7 Å². The fourth-order valence-electron chi connectivity index (χ4n) is 3.99. The standard InChI is InChI=1S/C21H25FN4O/c1-24-11-5-6-19(24)20-14-18(16-7-9-17(22)10-8-16)23-26(20)21(27)15-25-12-3-2-4-13-25/h5-11,20H,2-4,12-15H2,1H3/t20-/m0/s1. The topological polar surface area (TPSA) is 40.8 Å². The number of hydrogen-bond acceptors (Lipinski definition) is 3. The van der Waals surface area contributed by atoms with Crippen LogP contribution in [0.25, 0.3) is 0 Å². The van der Waals surface area contributed by atoms with Crippen LogP contribution in [0.3, 0.4) is 0 Å². The van der Waals surface area contributed by atoms with Crippen molar-refractivity contribution in [2.75, 3.05) is 19.6 Å². The van der Waals surface area contributed by atoms with E-state index in [9.17, 15) is 9.18 Å². The number of hydrogen-bond donors (Lipinski definition) is 0. The van der Waals surface area contributed by atoms with Crippen LogP contribution in [-0.2, 0) is 11.8 Å². The van der Waals surface area contributed by atoms with Crippen molar-refractivity contribution in [1.82, 2.24) is 14.5 Å². The van der Waals surface area contributed by atoms with E-state index in [4.69, 9.17) is 0 Å². The Bertz CT molecular complexity index is 836. The van der Waals surface area contributed by atoms with Gasteiger partial charge in [-0.1, -0.05) is 18.6 Å². The summed E-state index contributed by atoms with van der Waals surface area (Å²) < 4.78 is 15.3. The summed E-state index contributed by atoms with van der Waals surface area (Å²) in [5.41, 5.74) is 2.75. The van der Waals surface area contributed by atoms with Gasteiger partial charge in [-0.2, -0.15) is 5.10 Å². The van der Waals surface area contributed by atoms with E-state index in [0.29, 0.717) is 13.0 Å². The Morgan fingerprint density at radius 3 is 2.56 bits per heavy atom. The Hall–Kier alpha value is -2.47. The van der Waals surface area contributed by atoms with Gasteiger partial charge in [0.15, 0.2) is 0 Å². The van der Waals surface area contributed by atoms with Crippen LogP contribution in [0.4, 0.5) is 4.39 Å². The molecule has 1 amide bonds. The SMILES string of the molecule is Cn1cccc1[C@@H]1CC(c2ccc(F)cc2)=NN1C(=O)CN1CCCCC1. The highest BCUT2D eigenvalue weighted by Gasteiger charge is 2.35. The Morgan fingerprint density at radius 2 is 1.89 bits per heavy atom. The van der Waals surface area contributed by atoms with Gasteiger partial charge in [0.05, 0.1) is 12.3 Å². The molecule has 142 valence electrons. The van der Waals surface area contributed by atoms with E-state index >= 15 is 0 Å². The molecule has 27 heavy (non-hydrogen) atoms. The van der Waals surface area contributed by atoms with Crippen LogP contribution in [0.5, 0.6) is 0 Å². The number of nitrogens with zero attached hydrogens (tertiary/aromatic N) is 4. The third-order valence-electron chi connectivity index (χ3n) is 5.48. The molecule has 1 saturated heterocycles. The van der Waals surface area contributed by atoms with Crippen molar-refractivity contribution < 1.29 is 9.18 Å². The van der Waals surface area contributed by atoms with Gasteiger partial charge in [-0.25, -0.2) is 9.40 Å². The molecular formula is C21H25FN4O. The molecule has 0 aliphatic carbocycles. The first-order chi connectivity index (χ1) is 13.1. The summed E-state index contributed by atoms with van der Waals surface area (Å²) in [6.45, 7) is 2.35. The van der Waals surface area contributed by atoms with Crippen molar-refractivity contribution >= 4 is 11.6 Å². The molecule has 2 aliphatic heterocycles. The summed E-state index contributed by atoms with van der Waals surface area (Å²) in [4.78, 5) is 15.3. The van der Waals surface area contributed by atoms with Crippen molar-refractivity contribution in [1.29, 1.82) is 0 Å². The fraction of sp³-hybridized carbons (Fsp3) is 0.429. The number of carbonyl (C=O) groups is 1. The summed E-state index contributed by atoms with van der Waals surface area (Å²) >= 11 is 0. The highest BCUT2D eigenvalue weighted by Crippen LogP contribution is 2.33. The molecule has 1 fully saturated rings. The lowest BCUT2D eigenvalue weighted by atomic mass is 10.0. The minimum absolute atomic E-state index is 0.0280. The summed E-state index contributed by atoms with van der Waals surface area (Å²) in [5, 5.41) is 6.31. The quantitative estimate of drug-likeness (QED) is 0.831. The molecule has 0 unspecified atom stereocenters. The molecule has 1 atom stereocenters. The van der Waals surface area contributed by atoms with Crippen molar-refractivity contribution in [2.24, 2.45) is 12.1 Å². The molecule has 0 radical (unpaired) electrons. The van der Waals surface area contributed by atoms with E-state index < -0.39 is 0 Å². The Labute approximate surface area is 159 Å². The summed E-state index contributed by atoms with van der Waals surface area (Å²) in [7, 11) is 1.98. The van der Waals surface area contributed by atoms with Crippen LogP contribution in [-0.4, -0.2) is 45.7 Å². The monoisotopic (exact) mass is 368 g/mol. The number of carbonyl (C=O) groups excluding carboxylic acids is 1. The lowest BCUT2D eigenvalue weighted by Crippen LogP contribution is -2.40. The maximum atomic E-state index is 13.3. The molecule has 2 aromatic rings. The van der Waals surface area contributed by atoms with Gasteiger partial charge in [-0.05, 0) is 55.8 Å². The molecule has 1 aromatic carbocycles. The lowest BCUT2D eigenvalue weighted by molar-refractivity contribution is -0.134. The van der Waals surface area contributed by atoms with Gasteiger partial charge < -0.3 is 4.57 Å². The molecule has 1 aromatic heterocycles. The molecule has 0 saturated carbocycles. The highest BCUT2D eigenvalue weighted by molar-refractivity contribution is 6.03. The molecule has 4 rings (SSSR count). The van der Waals surface area contributed by atoms with Gasteiger partial charge in [0, 0.05) is 25.4 Å². The second kappa shape index (κ2) is 7.64. The Balaban J connectivity index is 1.59. The van der Waals surface area contributed by atoms with Crippen LogP contribution in [0.2, 0.25) is 0 Å². The Kier molecular flexibility index (Phi) is 5.07. The van der Waals surface area contributed by atoms with E-state index in [0.717, 1.165) is 42.9 Å². The fourth-order valence-corrected chi connectivity index (χ4v) is 3.99. The van der Waals surface area contributed by atoms with E-state index in [1.54, 1.807) is 17.1 Å². The average molecular weight is 368 g/mol. The maximum Gasteiger partial charge on any atom is 0.257 e. The second-order valence-corrected chi connectivity index (χ2v) is 7.39. The predicted octanol–water partition coefficient (Wildman–Crippen LogP) is 3.33. The first-order valence-corrected chi connectivity index (χ1v) is 9.61. The zero-order valence-corrected chi connectivity index (χ0v) is 15.6. The number of rotatable bonds is 4. The number of hydrazone groups is 1. The number of halogens is 1. The smallest absolute Gasteiger partial charge is 0.257 e. The molecule has 3 heterocycles. The lowest BCUT2D eigenvalue weighted by Gasteiger charge is -2.29. The molecule has 6 heteroatoms. The molecule has 0 spiro atoms.